The molecule has 1 aromatic rings. The van der Waals surface area contributed by atoms with Crippen LogP contribution in [0.2, 0.25) is 0 Å². The Morgan fingerprint density at radius 2 is 2.26 bits per heavy atom. The lowest BCUT2D eigenvalue weighted by atomic mass is 9.94. The molecule has 1 aromatic heterocycles. The molecule has 2 amide bonds. The van der Waals surface area contributed by atoms with Crippen LogP contribution in [0.4, 0.5) is 0 Å². The van der Waals surface area contributed by atoms with Crippen LogP contribution in [0.1, 0.15) is 37.5 Å². The van der Waals surface area contributed by atoms with E-state index in [4.69, 9.17) is 4.74 Å². The Labute approximate surface area is 135 Å². The number of ether oxygens (including phenoxy) is 1. The third-order valence-electron chi connectivity index (χ3n) is 4.56. The average Bonchev–Trinajstić information content (AvgIpc) is 3.06. The number of hydrogen-bond donors (Lipinski definition) is 1. The van der Waals surface area contributed by atoms with Crippen molar-refractivity contribution in [1.82, 2.24) is 25.0 Å². The van der Waals surface area contributed by atoms with Crippen molar-refractivity contribution in [3.8, 4) is 0 Å². The highest BCUT2D eigenvalue weighted by Crippen LogP contribution is 2.24. The second-order valence-corrected chi connectivity index (χ2v) is 6.14. The second kappa shape index (κ2) is 6.66. The molecule has 2 aliphatic heterocycles. The summed E-state index contributed by atoms with van der Waals surface area (Å²) in [5.74, 6) is 1.29. The Hall–Kier alpha value is -1.96. The fourth-order valence-corrected chi connectivity index (χ4v) is 3.03. The number of aromatic nitrogens is 3. The lowest BCUT2D eigenvalue weighted by Gasteiger charge is -2.36. The molecule has 0 spiro atoms. The van der Waals surface area contributed by atoms with E-state index in [0.29, 0.717) is 38.5 Å². The van der Waals surface area contributed by atoms with E-state index in [0.717, 1.165) is 18.7 Å². The van der Waals surface area contributed by atoms with Gasteiger partial charge in [-0.25, -0.2) is 4.98 Å². The number of amides is 2. The fraction of sp³-hybridized carbons (Fsp3) is 0.733. The number of aryl methyl sites for hydroxylation is 1. The quantitative estimate of drug-likeness (QED) is 0.855. The molecule has 1 N–H and O–H groups in total. The molecular weight excluding hydrogens is 298 g/mol. The van der Waals surface area contributed by atoms with Crippen molar-refractivity contribution < 1.29 is 14.3 Å². The number of nitrogens with one attached hydrogen (secondary N) is 1. The Morgan fingerprint density at radius 1 is 1.43 bits per heavy atom. The monoisotopic (exact) mass is 321 g/mol. The molecule has 0 bridgehead atoms. The lowest BCUT2D eigenvalue weighted by Crippen LogP contribution is -2.48. The summed E-state index contributed by atoms with van der Waals surface area (Å²) in [6.07, 6.45) is 1.51. The highest BCUT2D eigenvalue weighted by molar-refractivity contribution is 5.87. The molecule has 3 heterocycles. The van der Waals surface area contributed by atoms with Crippen LogP contribution in [0.5, 0.6) is 0 Å². The molecule has 0 unspecified atom stereocenters. The second-order valence-electron chi connectivity index (χ2n) is 6.14. The van der Waals surface area contributed by atoms with E-state index in [1.807, 2.05) is 6.92 Å². The van der Waals surface area contributed by atoms with E-state index in [1.54, 1.807) is 16.8 Å². The van der Waals surface area contributed by atoms with Crippen LogP contribution in [-0.4, -0.2) is 70.1 Å². The fourth-order valence-electron chi connectivity index (χ4n) is 3.03. The molecule has 0 aromatic carbocycles. The van der Waals surface area contributed by atoms with Crippen molar-refractivity contribution >= 4 is 11.8 Å². The standard InChI is InChI=1S/C15H23N5O3/c1-3-12-16-14(18-17-12)11-9-20(6-7-23-11)15(22)10-4-5-19(2)13(21)8-10/h10-11H,3-9H2,1-2H3,(H,16,17,18)/t10-,11-/m0/s1. The van der Waals surface area contributed by atoms with Gasteiger partial charge in [0.15, 0.2) is 5.82 Å². The molecule has 2 fully saturated rings. The third-order valence-corrected chi connectivity index (χ3v) is 4.56. The van der Waals surface area contributed by atoms with Crippen molar-refractivity contribution in [3.63, 3.8) is 0 Å². The number of H-pyrrole nitrogens is 1. The van der Waals surface area contributed by atoms with Crippen LogP contribution in [0.25, 0.3) is 0 Å². The van der Waals surface area contributed by atoms with Crippen LogP contribution in [0, 0.1) is 5.92 Å². The minimum atomic E-state index is -0.300. The Morgan fingerprint density at radius 3 is 2.96 bits per heavy atom. The number of rotatable bonds is 3. The van der Waals surface area contributed by atoms with Crippen LogP contribution in [0.3, 0.4) is 0 Å². The molecule has 2 saturated heterocycles. The molecule has 0 aliphatic carbocycles. The molecule has 3 rings (SSSR count). The summed E-state index contributed by atoms with van der Waals surface area (Å²) < 4.78 is 5.71. The number of likely N-dealkylation sites (tertiary alicyclic amines) is 1. The van der Waals surface area contributed by atoms with Crippen molar-refractivity contribution in [3.05, 3.63) is 11.6 Å². The molecule has 2 atom stereocenters. The zero-order valence-corrected chi connectivity index (χ0v) is 13.6. The molecule has 0 radical (unpaired) electrons. The van der Waals surface area contributed by atoms with Crippen LogP contribution in [0.15, 0.2) is 0 Å². The first-order valence-corrected chi connectivity index (χ1v) is 8.14. The number of piperidine rings is 1. The summed E-state index contributed by atoms with van der Waals surface area (Å²) in [6.45, 7) is 4.11. The number of nitrogens with zero attached hydrogens (tertiary/aromatic N) is 4. The van der Waals surface area contributed by atoms with Crippen molar-refractivity contribution in [1.29, 1.82) is 0 Å². The predicted molar refractivity (Wildman–Crippen MR) is 81.4 cm³/mol. The first-order valence-electron chi connectivity index (χ1n) is 8.14. The first kappa shape index (κ1) is 15.9. The van der Waals surface area contributed by atoms with Gasteiger partial charge in [0.05, 0.1) is 13.2 Å². The zero-order valence-electron chi connectivity index (χ0n) is 13.6. The van der Waals surface area contributed by atoms with Gasteiger partial charge in [-0.05, 0) is 6.42 Å². The van der Waals surface area contributed by atoms with Gasteiger partial charge in [0.2, 0.25) is 11.8 Å². The molecule has 2 aliphatic rings. The Bertz CT molecular complexity index is 587. The van der Waals surface area contributed by atoms with E-state index < -0.39 is 0 Å². The third kappa shape index (κ3) is 3.36. The lowest BCUT2D eigenvalue weighted by molar-refractivity contribution is -0.149. The molecule has 126 valence electrons. The van der Waals surface area contributed by atoms with Gasteiger partial charge < -0.3 is 14.5 Å². The molecule has 23 heavy (non-hydrogen) atoms. The first-order chi connectivity index (χ1) is 11.1. The van der Waals surface area contributed by atoms with Gasteiger partial charge >= 0.3 is 0 Å². The van der Waals surface area contributed by atoms with Crippen LogP contribution < -0.4 is 0 Å². The number of carbonyl (C=O) groups is 2. The highest BCUT2D eigenvalue weighted by Gasteiger charge is 2.35. The van der Waals surface area contributed by atoms with Gasteiger partial charge in [0.25, 0.3) is 0 Å². The summed E-state index contributed by atoms with van der Waals surface area (Å²) in [4.78, 5) is 32.4. The molecule has 0 saturated carbocycles. The SMILES string of the molecule is CCc1nc([C@@H]2CN(C(=O)[C@H]3CCN(C)C(=O)C3)CCO2)n[nH]1. The van der Waals surface area contributed by atoms with Gasteiger partial charge in [-0.15, -0.1) is 0 Å². The maximum atomic E-state index is 12.7. The van der Waals surface area contributed by atoms with E-state index in [-0.39, 0.29) is 23.8 Å². The summed E-state index contributed by atoms with van der Waals surface area (Å²) in [5, 5.41) is 7.06. The van der Waals surface area contributed by atoms with Crippen molar-refractivity contribution in [2.24, 2.45) is 5.92 Å². The maximum Gasteiger partial charge on any atom is 0.226 e. The Kier molecular flexibility index (Phi) is 4.61. The molecular formula is C15H23N5O3. The van der Waals surface area contributed by atoms with Crippen LogP contribution in [-0.2, 0) is 20.7 Å². The topological polar surface area (TPSA) is 91.4 Å². The maximum absolute atomic E-state index is 12.7. The van der Waals surface area contributed by atoms with E-state index in [9.17, 15) is 9.59 Å². The summed E-state index contributed by atoms with van der Waals surface area (Å²) in [6, 6.07) is 0. The average molecular weight is 321 g/mol. The largest absolute Gasteiger partial charge is 0.366 e. The van der Waals surface area contributed by atoms with Gasteiger partial charge in [-0.1, -0.05) is 6.92 Å². The minimum absolute atomic E-state index is 0.0426. The number of morpholine rings is 1. The van der Waals surface area contributed by atoms with E-state index >= 15 is 0 Å². The van der Waals surface area contributed by atoms with Gasteiger partial charge in [0, 0.05) is 38.9 Å². The normalized spacial score (nSPS) is 25.7. The number of carbonyl (C=O) groups excluding carboxylic acids is 2. The van der Waals surface area contributed by atoms with Gasteiger partial charge in [-0.3, -0.25) is 14.7 Å². The number of hydrogen-bond acceptors (Lipinski definition) is 5. The smallest absolute Gasteiger partial charge is 0.226 e. The van der Waals surface area contributed by atoms with Crippen molar-refractivity contribution in [2.75, 3.05) is 33.3 Å². The van der Waals surface area contributed by atoms with Gasteiger partial charge in [-0.2, -0.15) is 5.10 Å². The van der Waals surface area contributed by atoms with Crippen molar-refractivity contribution in [2.45, 2.75) is 32.3 Å². The molecule has 8 nitrogen and oxygen atoms in total. The summed E-state index contributed by atoms with van der Waals surface area (Å²) in [7, 11) is 1.78. The van der Waals surface area contributed by atoms with E-state index in [2.05, 4.69) is 15.2 Å². The summed E-state index contributed by atoms with van der Waals surface area (Å²) in [5.41, 5.74) is 0. The molecule has 8 heteroatoms. The van der Waals surface area contributed by atoms with Gasteiger partial charge in [0.1, 0.15) is 11.9 Å². The Balaban J connectivity index is 1.63. The van der Waals surface area contributed by atoms with Crippen LogP contribution >= 0.6 is 0 Å². The number of aromatic amines is 1. The zero-order chi connectivity index (χ0) is 16.4. The van der Waals surface area contributed by atoms with E-state index in [1.165, 1.54) is 0 Å². The minimum Gasteiger partial charge on any atom is -0.366 e. The highest BCUT2D eigenvalue weighted by atomic mass is 16.5. The predicted octanol–water partition coefficient (Wildman–Crippen LogP) is 0.135. The summed E-state index contributed by atoms with van der Waals surface area (Å²) >= 11 is 0.